The SMILES string of the molecule is CC#CC(C)(C)S(=O)[O-]. The standard InChI is InChI=1S/C6H10O2S/c1-4-5-6(2,3)9(7)8/h1-3H3,(H,7,8)/p-1. The van der Waals surface area contributed by atoms with E-state index < -0.39 is 15.8 Å². The van der Waals surface area contributed by atoms with E-state index in [0.29, 0.717) is 0 Å². The molecule has 1 atom stereocenters. The summed E-state index contributed by atoms with van der Waals surface area (Å²) in [6.45, 7) is 4.74. The molecule has 0 spiro atoms. The van der Waals surface area contributed by atoms with E-state index in [0.717, 1.165) is 0 Å². The topological polar surface area (TPSA) is 40.1 Å². The highest BCUT2D eigenvalue weighted by atomic mass is 32.2. The van der Waals surface area contributed by atoms with Gasteiger partial charge in [0.25, 0.3) is 0 Å². The molecule has 0 aliphatic heterocycles. The molecule has 0 aliphatic rings. The minimum absolute atomic E-state index is 0.894. The quantitative estimate of drug-likeness (QED) is 0.402. The smallest absolute Gasteiger partial charge is 0.0875 e. The zero-order valence-electron chi connectivity index (χ0n) is 5.72. The van der Waals surface area contributed by atoms with Gasteiger partial charge in [-0.2, -0.15) is 0 Å². The van der Waals surface area contributed by atoms with Crippen molar-refractivity contribution >= 4 is 11.1 Å². The molecule has 3 heteroatoms. The second-order valence-corrected chi connectivity index (χ2v) is 3.61. The van der Waals surface area contributed by atoms with Crippen molar-refractivity contribution < 1.29 is 8.76 Å². The van der Waals surface area contributed by atoms with Crippen LogP contribution < -0.4 is 0 Å². The Morgan fingerprint density at radius 3 is 2.11 bits per heavy atom. The first kappa shape index (κ1) is 8.67. The van der Waals surface area contributed by atoms with Gasteiger partial charge < -0.3 is 4.55 Å². The summed E-state index contributed by atoms with van der Waals surface area (Å²) in [6.07, 6.45) is 0. The fraction of sp³-hybridized carbons (Fsp3) is 0.667. The van der Waals surface area contributed by atoms with Crippen molar-refractivity contribution in [1.82, 2.24) is 0 Å². The minimum atomic E-state index is -2.10. The third-order valence-electron chi connectivity index (χ3n) is 0.843. The first-order valence-corrected chi connectivity index (χ1v) is 3.61. The monoisotopic (exact) mass is 145 g/mol. The predicted octanol–water partition coefficient (Wildman–Crippen LogP) is 0.667. The summed E-state index contributed by atoms with van der Waals surface area (Å²) in [6, 6.07) is 0. The number of hydrogen-bond acceptors (Lipinski definition) is 2. The van der Waals surface area contributed by atoms with Crippen LogP contribution in [-0.2, 0) is 11.1 Å². The third-order valence-corrected chi connectivity index (χ3v) is 1.78. The van der Waals surface area contributed by atoms with Crippen LogP contribution in [0.2, 0.25) is 0 Å². The van der Waals surface area contributed by atoms with E-state index >= 15 is 0 Å². The highest BCUT2D eigenvalue weighted by Gasteiger charge is 2.13. The Labute approximate surface area is 57.9 Å². The predicted molar refractivity (Wildman–Crippen MR) is 36.4 cm³/mol. The van der Waals surface area contributed by atoms with Gasteiger partial charge in [-0.05, 0) is 31.9 Å². The first-order valence-electron chi connectivity index (χ1n) is 2.54. The molecule has 2 nitrogen and oxygen atoms in total. The van der Waals surface area contributed by atoms with Gasteiger partial charge >= 0.3 is 0 Å². The third kappa shape index (κ3) is 2.64. The molecule has 0 heterocycles. The van der Waals surface area contributed by atoms with Crippen molar-refractivity contribution in [2.24, 2.45) is 0 Å². The van der Waals surface area contributed by atoms with E-state index in [1.165, 1.54) is 0 Å². The summed E-state index contributed by atoms with van der Waals surface area (Å²) in [5.41, 5.74) is 0. The molecule has 0 aliphatic carbocycles. The molecule has 0 amide bonds. The molecule has 0 fully saturated rings. The fourth-order valence-electron chi connectivity index (χ4n) is 0.343. The van der Waals surface area contributed by atoms with E-state index in [-0.39, 0.29) is 0 Å². The zero-order chi connectivity index (χ0) is 7.49. The normalized spacial score (nSPS) is 13.8. The molecular formula is C6H9O2S-. The number of hydrogen-bond donors (Lipinski definition) is 0. The van der Waals surface area contributed by atoms with Crippen LogP contribution in [0.1, 0.15) is 20.8 Å². The molecule has 1 unspecified atom stereocenters. The average molecular weight is 145 g/mol. The van der Waals surface area contributed by atoms with Gasteiger partial charge in [-0.1, -0.05) is 5.92 Å². The summed E-state index contributed by atoms with van der Waals surface area (Å²) in [5, 5.41) is 0. The summed E-state index contributed by atoms with van der Waals surface area (Å²) < 4.78 is 19.7. The Bertz CT molecular complexity index is 173. The molecule has 0 saturated carbocycles. The van der Waals surface area contributed by atoms with Crippen LogP contribution in [0, 0.1) is 11.8 Å². The number of rotatable bonds is 1. The Kier molecular flexibility index (Phi) is 2.89. The largest absolute Gasteiger partial charge is 0.771 e. The fourth-order valence-corrected chi connectivity index (χ4v) is 0.528. The van der Waals surface area contributed by atoms with Gasteiger partial charge in [-0.15, -0.1) is 5.92 Å². The zero-order valence-corrected chi connectivity index (χ0v) is 6.54. The Morgan fingerprint density at radius 1 is 1.56 bits per heavy atom. The van der Waals surface area contributed by atoms with Gasteiger partial charge in [0, 0.05) is 0 Å². The molecule has 52 valence electrons. The highest BCUT2D eigenvalue weighted by molar-refractivity contribution is 7.80. The minimum Gasteiger partial charge on any atom is -0.771 e. The van der Waals surface area contributed by atoms with E-state index in [9.17, 15) is 8.76 Å². The van der Waals surface area contributed by atoms with Crippen molar-refractivity contribution in [2.45, 2.75) is 25.5 Å². The van der Waals surface area contributed by atoms with E-state index in [2.05, 4.69) is 11.8 Å². The van der Waals surface area contributed by atoms with E-state index in [1.807, 2.05) is 0 Å². The molecule has 0 bridgehead atoms. The Morgan fingerprint density at radius 2 is 2.00 bits per heavy atom. The molecule has 0 N–H and O–H groups in total. The molecule has 9 heavy (non-hydrogen) atoms. The van der Waals surface area contributed by atoms with Crippen molar-refractivity contribution in [2.75, 3.05) is 0 Å². The van der Waals surface area contributed by atoms with Crippen LogP contribution in [0.4, 0.5) is 0 Å². The Balaban J connectivity index is 4.32. The maximum Gasteiger partial charge on any atom is 0.0875 e. The van der Waals surface area contributed by atoms with Crippen molar-refractivity contribution in [3.05, 3.63) is 0 Å². The molecule has 0 aromatic heterocycles. The van der Waals surface area contributed by atoms with Crippen LogP contribution in [-0.4, -0.2) is 13.5 Å². The van der Waals surface area contributed by atoms with Crippen LogP contribution >= 0.6 is 0 Å². The second-order valence-electron chi connectivity index (χ2n) is 2.12. The maximum atomic E-state index is 10.3. The lowest BCUT2D eigenvalue weighted by atomic mass is 10.2. The molecule has 0 aromatic rings. The van der Waals surface area contributed by atoms with Crippen LogP contribution in [0.5, 0.6) is 0 Å². The summed E-state index contributed by atoms with van der Waals surface area (Å²) in [4.78, 5) is 0. The lowest BCUT2D eigenvalue weighted by Crippen LogP contribution is -2.23. The van der Waals surface area contributed by atoms with Crippen molar-refractivity contribution in [1.29, 1.82) is 0 Å². The average Bonchev–Trinajstić information content (AvgIpc) is 1.65. The molecule has 0 radical (unpaired) electrons. The molecule has 0 aromatic carbocycles. The van der Waals surface area contributed by atoms with Gasteiger partial charge in [0.05, 0.1) is 4.75 Å². The molecule has 0 rings (SSSR count). The van der Waals surface area contributed by atoms with Crippen molar-refractivity contribution in [3.8, 4) is 11.8 Å². The van der Waals surface area contributed by atoms with Gasteiger partial charge in [0.2, 0.25) is 0 Å². The van der Waals surface area contributed by atoms with Crippen LogP contribution in [0.3, 0.4) is 0 Å². The van der Waals surface area contributed by atoms with Crippen LogP contribution in [0.15, 0.2) is 0 Å². The Hall–Kier alpha value is -0.330. The summed E-state index contributed by atoms with van der Waals surface area (Å²) >= 11 is -2.10. The summed E-state index contributed by atoms with van der Waals surface area (Å²) in [5.74, 6) is 5.10. The van der Waals surface area contributed by atoms with Gasteiger partial charge in [-0.25, -0.2) is 0 Å². The molecular weight excluding hydrogens is 136 g/mol. The lowest BCUT2D eigenvalue weighted by molar-refractivity contribution is 0.517. The lowest BCUT2D eigenvalue weighted by Gasteiger charge is -2.20. The maximum absolute atomic E-state index is 10.3. The van der Waals surface area contributed by atoms with Gasteiger partial charge in [0.15, 0.2) is 0 Å². The van der Waals surface area contributed by atoms with Crippen LogP contribution in [0.25, 0.3) is 0 Å². The van der Waals surface area contributed by atoms with Gasteiger partial charge in [-0.3, -0.25) is 4.21 Å². The van der Waals surface area contributed by atoms with Gasteiger partial charge in [0.1, 0.15) is 0 Å². The first-order chi connectivity index (χ1) is 4.00. The van der Waals surface area contributed by atoms with E-state index in [4.69, 9.17) is 0 Å². The highest BCUT2D eigenvalue weighted by Crippen LogP contribution is 2.07. The molecule has 0 saturated heterocycles. The van der Waals surface area contributed by atoms with Crippen molar-refractivity contribution in [3.63, 3.8) is 0 Å². The summed E-state index contributed by atoms with van der Waals surface area (Å²) in [7, 11) is 0. The second kappa shape index (κ2) is 3.00. The van der Waals surface area contributed by atoms with E-state index in [1.54, 1.807) is 20.8 Å².